The van der Waals surface area contributed by atoms with Crippen LogP contribution in [0.25, 0.3) is 0 Å². The Balaban J connectivity index is 0. The Bertz CT molecular complexity index is 324. The van der Waals surface area contributed by atoms with Crippen molar-refractivity contribution in [2.24, 2.45) is 0 Å². The van der Waals surface area contributed by atoms with E-state index in [-0.39, 0.29) is 11.1 Å². The van der Waals surface area contributed by atoms with Gasteiger partial charge < -0.3 is 4.43 Å². The topological polar surface area (TPSA) is 9.23 Å². The fourth-order valence-electron chi connectivity index (χ4n) is 0.741. The summed E-state index contributed by atoms with van der Waals surface area (Å²) in [4.78, 5) is 0. The zero-order valence-electron chi connectivity index (χ0n) is 12.5. The highest BCUT2D eigenvalue weighted by molar-refractivity contribution is 8.95. The highest BCUT2D eigenvalue weighted by atomic mass is 33.1. The Morgan fingerprint density at radius 1 is 1.15 bits per heavy atom. The summed E-state index contributed by atoms with van der Waals surface area (Å²) in [6.07, 6.45) is 0.112. The molecule has 0 aliphatic heterocycles. The van der Waals surface area contributed by atoms with E-state index in [1.807, 2.05) is 6.92 Å². The summed E-state index contributed by atoms with van der Waals surface area (Å²) in [5.74, 6) is 0. The SMILES string of the molecule is CC(C=S)O[Si](C)(C)C(C)(C)C.S=C(S)SSC(=S)S. The van der Waals surface area contributed by atoms with Crippen molar-refractivity contribution in [1.29, 1.82) is 0 Å². The van der Waals surface area contributed by atoms with E-state index < -0.39 is 8.32 Å². The molecule has 0 bridgehead atoms. The third-order valence-corrected chi connectivity index (χ3v) is 11.7. The minimum Gasteiger partial charge on any atom is -0.410 e. The van der Waals surface area contributed by atoms with Crippen LogP contribution in [0.3, 0.4) is 0 Å². The maximum Gasteiger partial charge on any atom is 0.192 e. The highest BCUT2D eigenvalue weighted by Gasteiger charge is 2.37. The smallest absolute Gasteiger partial charge is 0.192 e. The molecule has 1 atom stereocenters. The zero-order valence-corrected chi connectivity index (χ0v) is 19.4. The molecule has 1 unspecified atom stereocenters. The molecule has 0 aromatic carbocycles. The molecule has 0 saturated heterocycles. The van der Waals surface area contributed by atoms with Gasteiger partial charge in [0.1, 0.15) is 7.06 Å². The average molecular weight is 423 g/mol. The summed E-state index contributed by atoms with van der Waals surface area (Å²) in [6, 6.07) is 0. The van der Waals surface area contributed by atoms with Crippen molar-refractivity contribution < 1.29 is 4.43 Å². The van der Waals surface area contributed by atoms with Crippen LogP contribution < -0.4 is 0 Å². The van der Waals surface area contributed by atoms with Gasteiger partial charge in [0.25, 0.3) is 0 Å². The monoisotopic (exact) mass is 422 g/mol. The molecular formula is C11H22OS7Si. The van der Waals surface area contributed by atoms with Crippen LogP contribution in [0.2, 0.25) is 18.1 Å². The lowest BCUT2D eigenvalue weighted by molar-refractivity contribution is 0.265. The molecule has 20 heavy (non-hydrogen) atoms. The van der Waals surface area contributed by atoms with E-state index in [0.29, 0.717) is 7.06 Å². The first-order valence-electron chi connectivity index (χ1n) is 5.77. The summed E-state index contributed by atoms with van der Waals surface area (Å²) >= 11 is 21.8. The molecule has 0 aliphatic carbocycles. The second kappa shape index (κ2) is 11.4. The molecule has 0 aliphatic rings. The first kappa shape index (κ1) is 24.1. The second-order valence-corrected chi connectivity index (χ2v) is 16.0. The van der Waals surface area contributed by atoms with Crippen molar-refractivity contribution in [2.75, 3.05) is 0 Å². The number of hydrogen-bond acceptors (Lipinski definition) is 6. The van der Waals surface area contributed by atoms with E-state index in [1.54, 1.807) is 5.37 Å². The minimum absolute atomic E-state index is 0.112. The van der Waals surface area contributed by atoms with Crippen LogP contribution in [-0.4, -0.2) is 26.8 Å². The van der Waals surface area contributed by atoms with Crippen LogP contribution in [0.15, 0.2) is 0 Å². The van der Waals surface area contributed by atoms with E-state index in [9.17, 15) is 0 Å². The molecule has 0 fully saturated rings. The molecule has 0 amide bonds. The van der Waals surface area contributed by atoms with Crippen molar-refractivity contribution in [3.8, 4) is 0 Å². The fourth-order valence-corrected chi connectivity index (χ4v) is 4.10. The van der Waals surface area contributed by atoms with Gasteiger partial charge in [0.15, 0.2) is 8.32 Å². The van der Waals surface area contributed by atoms with E-state index in [0.717, 1.165) is 0 Å². The van der Waals surface area contributed by atoms with E-state index in [2.05, 4.69) is 83.6 Å². The third kappa shape index (κ3) is 13.5. The van der Waals surface area contributed by atoms with Crippen molar-refractivity contribution in [2.45, 2.75) is 51.9 Å². The minimum atomic E-state index is -1.59. The van der Waals surface area contributed by atoms with Crippen LogP contribution in [0, 0.1) is 0 Å². The fraction of sp³-hybridized carbons (Fsp3) is 0.727. The Labute approximate surface area is 159 Å². The quantitative estimate of drug-likeness (QED) is 0.241. The largest absolute Gasteiger partial charge is 0.410 e. The van der Waals surface area contributed by atoms with Crippen LogP contribution in [0.5, 0.6) is 0 Å². The summed E-state index contributed by atoms with van der Waals surface area (Å²) < 4.78 is 7.08. The van der Waals surface area contributed by atoms with Gasteiger partial charge in [0.05, 0.1) is 6.10 Å². The Kier molecular flexibility index (Phi) is 13.7. The number of thiocarbonyl (C=S) groups is 3. The number of hydrogen-bond donors (Lipinski definition) is 2. The van der Waals surface area contributed by atoms with Crippen LogP contribution in [-0.2, 0) is 4.43 Å². The Morgan fingerprint density at radius 3 is 1.70 bits per heavy atom. The lowest BCUT2D eigenvalue weighted by atomic mass is 10.2. The van der Waals surface area contributed by atoms with Crippen molar-refractivity contribution >= 4 is 104 Å². The first-order chi connectivity index (χ1) is 8.83. The molecule has 9 heteroatoms. The maximum absolute atomic E-state index is 5.93. The van der Waals surface area contributed by atoms with Gasteiger partial charge in [0.2, 0.25) is 0 Å². The summed E-state index contributed by atoms with van der Waals surface area (Å²) in [6.45, 7) is 13.2. The average Bonchev–Trinajstić information content (AvgIpc) is 2.25. The van der Waals surface area contributed by atoms with Gasteiger partial charge in [0, 0.05) is 5.37 Å². The molecule has 0 N–H and O–H groups in total. The van der Waals surface area contributed by atoms with E-state index in [4.69, 9.17) is 16.6 Å². The molecular weight excluding hydrogens is 401 g/mol. The summed E-state index contributed by atoms with van der Waals surface area (Å²) in [5, 5.41) is 1.97. The molecule has 0 aromatic heterocycles. The van der Waals surface area contributed by atoms with Crippen molar-refractivity contribution in [3.63, 3.8) is 0 Å². The van der Waals surface area contributed by atoms with Gasteiger partial charge in [-0.3, -0.25) is 0 Å². The van der Waals surface area contributed by atoms with Gasteiger partial charge in [-0.25, -0.2) is 0 Å². The normalized spacial score (nSPS) is 13.0. The van der Waals surface area contributed by atoms with Crippen LogP contribution >= 0.6 is 83.5 Å². The van der Waals surface area contributed by atoms with Gasteiger partial charge in [-0.1, -0.05) is 57.4 Å². The molecule has 1 nitrogen and oxygen atoms in total. The summed E-state index contributed by atoms with van der Waals surface area (Å²) in [7, 11) is 1.08. The van der Waals surface area contributed by atoms with Gasteiger partial charge in [-0.05, 0) is 46.6 Å². The lowest BCUT2D eigenvalue weighted by Gasteiger charge is -2.37. The molecule has 0 saturated carbocycles. The van der Waals surface area contributed by atoms with Crippen LogP contribution in [0.1, 0.15) is 27.7 Å². The highest BCUT2D eigenvalue weighted by Crippen LogP contribution is 2.37. The number of rotatable bonds is 3. The van der Waals surface area contributed by atoms with Gasteiger partial charge in [-0.2, -0.15) is 0 Å². The van der Waals surface area contributed by atoms with Crippen molar-refractivity contribution in [3.05, 3.63) is 0 Å². The standard InChI is InChI=1S/C9H20OSSi.C2H2S6/c1-8(7-11)10-12(5,6)9(2,3)4;3-1(4)7-8-2(5)6/h7-8H,1-6H3;(H,3,4)(H,5,6). The molecule has 0 heterocycles. The maximum atomic E-state index is 5.93. The second-order valence-electron chi connectivity index (χ2n) is 5.42. The van der Waals surface area contributed by atoms with Gasteiger partial charge >= 0.3 is 0 Å². The molecule has 0 aromatic rings. The predicted octanol–water partition coefficient (Wildman–Crippen LogP) is 6.19. The lowest BCUT2D eigenvalue weighted by Crippen LogP contribution is -2.43. The van der Waals surface area contributed by atoms with E-state index >= 15 is 0 Å². The van der Waals surface area contributed by atoms with E-state index in [1.165, 1.54) is 21.6 Å². The Morgan fingerprint density at radius 2 is 1.50 bits per heavy atom. The van der Waals surface area contributed by atoms with Crippen LogP contribution in [0.4, 0.5) is 0 Å². The predicted molar refractivity (Wildman–Crippen MR) is 120 cm³/mol. The van der Waals surface area contributed by atoms with Gasteiger partial charge in [-0.15, -0.1) is 25.3 Å². The Hall–Kier alpha value is 1.85. The molecule has 0 radical (unpaired) electrons. The number of thiol groups is 2. The molecule has 0 rings (SSSR count). The molecule has 118 valence electrons. The zero-order chi connectivity index (χ0) is 16.6. The van der Waals surface area contributed by atoms with Crippen molar-refractivity contribution in [1.82, 2.24) is 0 Å². The molecule has 0 spiro atoms. The third-order valence-electron chi connectivity index (χ3n) is 2.66. The summed E-state index contributed by atoms with van der Waals surface area (Å²) in [5.41, 5.74) is 0. The first-order valence-corrected chi connectivity index (χ1v) is 13.0.